The maximum Gasteiger partial charge on any atom is 0.276 e. The van der Waals surface area contributed by atoms with Crippen molar-refractivity contribution in [1.29, 1.82) is 0 Å². The smallest absolute Gasteiger partial charge is 0.276 e. The molecule has 9 heteroatoms. The number of aliphatic hydroxyl groups is 1. The zero-order valence-corrected chi connectivity index (χ0v) is 18.0. The molecular weight excluding hydrogens is 423 g/mol. The number of rotatable bonds is 11. The molecule has 0 fully saturated rings. The summed E-state index contributed by atoms with van der Waals surface area (Å²) in [6, 6.07) is 12.5. The Balaban J connectivity index is 1.43. The summed E-state index contributed by atoms with van der Waals surface area (Å²) in [6.45, 7) is 3.64. The maximum atomic E-state index is 13.0. The fraction of sp³-hybridized carbons (Fsp3) is 0.318. The van der Waals surface area contributed by atoms with Crippen LogP contribution in [0.1, 0.15) is 42.6 Å². The Bertz CT molecular complexity index is 978. The van der Waals surface area contributed by atoms with Crippen molar-refractivity contribution in [2.75, 3.05) is 12.4 Å². The third-order valence-electron chi connectivity index (χ3n) is 4.24. The Labute approximate surface area is 183 Å². The van der Waals surface area contributed by atoms with Gasteiger partial charge in [0.05, 0.1) is 6.10 Å². The summed E-state index contributed by atoms with van der Waals surface area (Å²) in [5.74, 6) is 1.35. The van der Waals surface area contributed by atoms with Gasteiger partial charge in [-0.2, -0.15) is 0 Å². The van der Waals surface area contributed by atoms with Crippen molar-refractivity contribution in [2.45, 2.75) is 37.7 Å². The lowest BCUT2D eigenvalue weighted by Gasteiger charge is -2.11. The molecule has 31 heavy (non-hydrogen) atoms. The van der Waals surface area contributed by atoms with Crippen LogP contribution in [0.25, 0.3) is 0 Å². The quantitative estimate of drug-likeness (QED) is 0.340. The van der Waals surface area contributed by atoms with Gasteiger partial charge in [-0.15, -0.1) is 10.2 Å². The third-order valence-corrected chi connectivity index (χ3v) is 5.20. The van der Waals surface area contributed by atoms with Crippen LogP contribution in [0.3, 0.4) is 0 Å². The van der Waals surface area contributed by atoms with Gasteiger partial charge in [0.25, 0.3) is 11.1 Å². The first-order valence-electron chi connectivity index (χ1n) is 9.77. The van der Waals surface area contributed by atoms with Crippen molar-refractivity contribution in [3.8, 4) is 11.5 Å². The molecule has 0 bridgehead atoms. The Hall–Kier alpha value is -2.91. The van der Waals surface area contributed by atoms with Gasteiger partial charge in [-0.25, -0.2) is 4.39 Å². The van der Waals surface area contributed by atoms with Crippen molar-refractivity contribution in [2.24, 2.45) is 0 Å². The third kappa shape index (κ3) is 6.80. The SMILES string of the molecule is CCC(=O)c1ccc(OCC(O)CSc2nnc(C(C)Oc3ccc(F)cc3)o2)cc1. The van der Waals surface area contributed by atoms with Crippen LogP contribution >= 0.6 is 11.8 Å². The number of carbonyl (C=O) groups is 1. The van der Waals surface area contributed by atoms with E-state index in [1.54, 1.807) is 31.2 Å². The van der Waals surface area contributed by atoms with Gasteiger partial charge in [-0.3, -0.25) is 4.79 Å². The first-order valence-corrected chi connectivity index (χ1v) is 10.8. The number of Topliss-reactive ketones (excluding diaryl/α,β-unsaturated/α-hetero) is 1. The van der Waals surface area contributed by atoms with Crippen molar-refractivity contribution < 1.29 is 28.2 Å². The molecule has 0 radical (unpaired) electrons. The standard InChI is InChI=1S/C22H23FN2O5S/c1-3-20(27)15-4-8-18(9-5-15)28-12-17(26)13-31-22-25-24-21(30-22)14(2)29-19-10-6-16(23)7-11-19/h4-11,14,17,26H,3,12-13H2,1-2H3. The summed E-state index contributed by atoms with van der Waals surface area (Å²) in [7, 11) is 0. The molecule has 0 spiro atoms. The fourth-order valence-corrected chi connectivity index (χ4v) is 3.23. The van der Waals surface area contributed by atoms with Crippen LogP contribution in [0.15, 0.2) is 58.2 Å². The Morgan fingerprint density at radius 2 is 1.81 bits per heavy atom. The average Bonchev–Trinajstić information content (AvgIpc) is 3.27. The molecule has 0 aliphatic carbocycles. The Morgan fingerprint density at radius 3 is 2.48 bits per heavy atom. The number of hydrogen-bond acceptors (Lipinski definition) is 8. The van der Waals surface area contributed by atoms with Gasteiger partial charge in [-0.1, -0.05) is 18.7 Å². The van der Waals surface area contributed by atoms with E-state index in [4.69, 9.17) is 13.9 Å². The predicted octanol–water partition coefficient (Wildman–Crippen LogP) is 4.47. The van der Waals surface area contributed by atoms with Crippen LogP contribution in [-0.2, 0) is 0 Å². The summed E-state index contributed by atoms with van der Waals surface area (Å²) in [4.78, 5) is 11.6. The van der Waals surface area contributed by atoms with E-state index in [0.29, 0.717) is 34.5 Å². The highest BCUT2D eigenvalue weighted by atomic mass is 32.2. The first kappa shape index (κ1) is 22.8. The number of benzene rings is 2. The van der Waals surface area contributed by atoms with Crippen LogP contribution < -0.4 is 9.47 Å². The van der Waals surface area contributed by atoms with Crippen LogP contribution in [0.4, 0.5) is 4.39 Å². The summed E-state index contributed by atoms with van der Waals surface area (Å²) in [5.41, 5.74) is 0.635. The minimum absolute atomic E-state index is 0.0688. The van der Waals surface area contributed by atoms with Gasteiger partial charge in [0.15, 0.2) is 11.9 Å². The van der Waals surface area contributed by atoms with E-state index in [-0.39, 0.29) is 24.1 Å². The van der Waals surface area contributed by atoms with E-state index in [9.17, 15) is 14.3 Å². The van der Waals surface area contributed by atoms with Crippen LogP contribution in [0, 0.1) is 5.82 Å². The molecule has 3 rings (SSSR count). The molecule has 1 N–H and O–H groups in total. The predicted molar refractivity (Wildman–Crippen MR) is 113 cm³/mol. The molecule has 0 aliphatic heterocycles. The number of carbonyl (C=O) groups excluding carboxylic acids is 1. The average molecular weight is 447 g/mol. The highest BCUT2D eigenvalue weighted by molar-refractivity contribution is 7.99. The first-order chi connectivity index (χ1) is 14.9. The zero-order valence-electron chi connectivity index (χ0n) is 17.2. The molecule has 0 aliphatic rings. The van der Waals surface area contributed by atoms with E-state index < -0.39 is 12.2 Å². The molecule has 2 atom stereocenters. The Morgan fingerprint density at radius 1 is 1.13 bits per heavy atom. The molecule has 3 aromatic rings. The second-order valence-corrected chi connectivity index (χ2v) is 7.67. The number of aromatic nitrogens is 2. The largest absolute Gasteiger partial charge is 0.491 e. The van der Waals surface area contributed by atoms with Gasteiger partial charge in [0.2, 0.25) is 0 Å². The van der Waals surface area contributed by atoms with Crippen molar-refractivity contribution in [1.82, 2.24) is 10.2 Å². The van der Waals surface area contributed by atoms with E-state index in [1.165, 1.54) is 36.0 Å². The van der Waals surface area contributed by atoms with E-state index in [2.05, 4.69) is 10.2 Å². The lowest BCUT2D eigenvalue weighted by molar-refractivity contribution is 0.0987. The lowest BCUT2D eigenvalue weighted by atomic mass is 10.1. The molecule has 164 valence electrons. The van der Waals surface area contributed by atoms with Crippen molar-refractivity contribution in [3.63, 3.8) is 0 Å². The van der Waals surface area contributed by atoms with E-state index in [1.807, 2.05) is 6.92 Å². The summed E-state index contributed by atoms with van der Waals surface area (Å²) in [5, 5.41) is 18.3. The van der Waals surface area contributed by atoms with Crippen molar-refractivity contribution >= 4 is 17.5 Å². The fourth-order valence-electron chi connectivity index (χ4n) is 2.56. The number of thioether (sulfide) groups is 1. The van der Waals surface area contributed by atoms with E-state index in [0.717, 1.165) is 0 Å². The molecule has 0 amide bonds. The van der Waals surface area contributed by atoms with Gasteiger partial charge in [-0.05, 0) is 55.5 Å². The van der Waals surface area contributed by atoms with Gasteiger partial charge in [0.1, 0.15) is 23.9 Å². The molecule has 0 saturated heterocycles. The number of ketones is 1. The second kappa shape index (κ2) is 10.9. The van der Waals surface area contributed by atoms with Crippen LogP contribution in [0.5, 0.6) is 11.5 Å². The highest BCUT2D eigenvalue weighted by Gasteiger charge is 2.17. The molecule has 1 heterocycles. The van der Waals surface area contributed by atoms with Gasteiger partial charge >= 0.3 is 0 Å². The number of halogens is 1. The van der Waals surface area contributed by atoms with Crippen molar-refractivity contribution in [3.05, 3.63) is 65.8 Å². The summed E-state index contributed by atoms with van der Waals surface area (Å²) >= 11 is 1.20. The number of aliphatic hydroxyl groups excluding tert-OH is 1. The maximum absolute atomic E-state index is 13.0. The zero-order chi connectivity index (χ0) is 22.2. The van der Waals surface area contributed by atoms with Gasteiger partial charge in [0, 0.05) is 17.7 Å². The minimum atomic E-state index is -0.759. The van der Waals surface area contributed by atoms with Crippen LogP contribution in [0.2, 0.25) is 0 Å². The number of ether oxygens (including phenoxy) is 2. The Kier molecular flexibility index (Phi) is 8.02. The van der Waals surface area contributed by atoms with Crippen LogP contribution in [-0.4, -0.2) is 39.6 Å². The molecule has 1 aromatic heterocycles. The monoisotopic (exact) mass is 446 g/mol. The minimum Gasteiger partial charge on any atom is -0.491 e. The normalized spacial score (nSPS) is 12.9. The summed E-state index contributed by atoms with van der Waals surface area (Å²) < 4.78 is 29.7. The van der Waals surface area contributed by atoms with Gasteiger partial charge < -0.3 is 19.0 Å². The molecule has 7 nitrogen and oxygen atoms in total. The lowest BCUT2D eigenvalue weighted by Crippen LogP contribution is -2.20. The summed E-state index contributed by atoms with van der Waals surface area (Å²) in [6.07, 6.45) is -0.821. The molecule has 0 saturated carbocycles. The second-order valence-electron chi connectivity index (χ2n) is 6.70. The molecular formula is C22H23FN2O5S. The highest BCUT2D eigenvalue weighted by Crippen LogP contribution is 2.24. The van der Waals surface area contributed by atoms with E-state index >= 15 is 0 Å². The molecule has 2 aromatic carbocycles. The number of hydrogen-bond donors (Lipinski definition) is 1. The molecule has 2 unspecified atom stereocenters. The topological polar surface area (TPSA) is 94.7 Å². The number of nitrogens with zero attached hydrogens (tertiary/aromatic N) is 2.